The molecule has 2 aliphatic rings. The highest BCUT2D eigenvalue weighted by molar-refractivity contribution is 5.80. The third kappa shape index (κ3) is 4.89. The van der Waals surface area contributed by atoms with Crippen molar-refractivity contribution in [3.8, 4) is 0 Å². The van der Waals surface area contributed by atoms with E-state index in [0.717, 1.165) is 44.4 Å². The van der Waals surface area contributed by atoms with Crippen molar-refractivity contribution in [1.82, 2.24) is 10.2 Å². The summed E-state index contributed by atoms with van der Waals surface area (Å²) in [5, 5.41) is 3.48. The minimum absolute atomic E-state index is 0.0572. The van der Waals surface area contributed by atoms with Crippen LogP contribution in [0.25, 0.3) is 0 Å². The zero-order valence-corrected chi connectivity index (χ0v) is 14.1. The van der Waals surface area contributed by atoms with E-state index >= 15 is 0 Å². The van der Waals surface area contributed by atoms with Crippen LogP contribution in [0.3, 0.4) is 0 Å². The number of hydrogen-bond donors (Lipinski definition) is 1. The van der Waals surface area contributed by atoms with Crippen LogP contribution in [-0.2, 0) is 9.53 Å². The number of hydrogen-bond acceptors (Lipinski definition) is 3. The molecule has 2 rings (SSSR count). The highest BCUT2D eigenvalue weighted by Gasteiger charge is 2.26. The summed E-state index contributed by atoms with van der Waals surface area (Å²) in [5.41, 5.74) is 0. The number of aliphatic imine (C=N–C) groups is 1. The largest absolute Gasteiger partial charge is 0.469 e. The predicted octanol–water partition coefficient (Wildman–Crippen LogP) is 2.42. The van der Waals surface area contributed by atoms with Crippen molar-refractivity contribution in [1.29, 1.82) is 0 Å². The van der Waals surface area contributed by atoms with E-state index in [9.17, 15) is 4.79 Å². The number of guanidine groups is 1. The van der Waals surface area contributed by atoms with Gasteiger partial charge in [0.25, 0.3) is 0 Å². The molecule has 0 spiro atoms. The summed E-state index contributed by atoms with van der Waals surface area (Å²) in [6.45, 7) is 2.75. The van der Waals surface area contributed by atoms with Crippen LogP contribution < -0.4 is 5.32 Å². The van der Waals surface area contributed by atoms with Crippen LogP contribution in [0.15, 0.2) is 4.99 Å². The molecular weight excluding hydrogens is 278 g/mol. The zero-order valence-electron chi connectivity index (χ0n) is 14.1. The van der Waals surface area contributed by atoms with Gasteiger partial charge in [0.1, 0.15) is 0 Å². The lowest BCUT2D eigenvalue weighted by molar-refractivity contribution is -0.146. The molecule has 0 unspecified atom stereocenters. The Morgan fingerprint density at radius 3 is 2.50 bits per heavy atom. The van der Waals surface area contributed by atoms with Crippen molar-refractivity contribution < 1.29 is 9.53 Å². The van der Waals surface area contributed by atoms with Crippen LogP contribution in [0.4, 0.5) is 0 Å². The Morgan fingerprint density at radius 1 is 1.23 bits per heavy atom. The van der Waals surface area contributed by atoms with E-state index in [0.29, 0.717) is 0 Å². The standard InChI is InChI=1S/C17H31N3O2/c1-18-17(19-11-5-8-14-6-3-4-7-14)20-12-9-15(10-13-20)16(21)22-2/h14-15H,3-13H2,1-2H3,(H,18,19). The van der Waals surface area contributed by atoms with Crippen LogP contribution in [0.5, 0.6) is 0 Å². The minimum atomic E-state index is -0.0702. The van der Waals surface area contributed by atoms with Crippen LogP contribution in [0, 0.1) is 11.8 Å². The van der Waals surface area contributed by atoms with Crippen LogP contribution in [-0.4, -0.2) is 50.6 Å². The number of nitrogens with one attached hydrogen (secondary N) is 1. The number of rotatable bonds is 5. The number of likely N-dealkylation sites (tertiary alicyclic amines) is 1. The number of nitrogens with zero attached hydrogens (tertiary/aromatic N) is 2. The molecule has 1 N–H and O–H groups in total. The molecule has 0 aromatic rings. The number of carbonyl (C=O) groups excluding carboxylic acids is 1. The molecule has 0 atom stereocenters. The molecule has 0 radical (unpaired) electrons. The third-order valence-electron chi connectivity index (χ3n) is 5.09. The first-order valence-corrected chi connectivity index (χ1v) is 8.78. The van der Waals surface area contributed by atoms with Gasteiger partial charge in [0.2, 0.25) is 0 Å². The second-order valence-corrected chi connectivity index (χ2v) is 6.55. The fourth-order valence-corrected chi connectivity index (χ4v) is 3.72. The van der Waals surface area contributed by atoms with Gasteiger partial charge in [-0.05, 0) is 31.6 Å². The van der Waals surface area contributed by atoms with Crippen molar-refractivity contribution in [2.75, 3.05) is 33.8 Å². The van der Waals surface area contributed by atoms with E-state index < -0.39 is 0 Å². The molecule has 5 nitrogen and oxygen atoms in total. The van der Waals surface area contributed by atoms with Gasteiger partial charge in [0.15, 0.2) is 5.96 Å². The van der Waals surface area contributed by atoms with Crippen molar-refractivity contribution in [3.05, 3.63) is 0 Å². The Bertz CT molecular complexity index is 370. The normalized spacial score (nSPS) is 21.2. The number of piperidine rings is 1. The summed E-state index contributed by atoms with van der Waals surface area (Å²) in [6.07, 6.45) is 9.98. The minimum Gasteiger partial charge on any atom is -0.469 e. The summed E-state index contributed by atoms with van der Waals surface area (Å²) in [4.78, 5) is 18.2. The summed E-state index contributed by atoms with van der Waals surface area (Å²) < 4.78 is 4.84. The summed E-state index contributed by atoms with van der Waals surface area (Å²) in [7, 11) is 3.31. The molecule has 1 saturated carbocycles. The van der Waals surface area contributed by atoms with Crippen LogP contribution in [0.2, 0.25) is 0 Å². The Morgan fingerprint density at radius 2 is 1.91 bits per heavy atom. The van der Waals surface area contributed by atoms with E-state index in [1.165, 1.54) is 45.6 Å². The third-order valence-corrected chi connectivity index (χ3v) is 5.09. The maximum absolute atomic E-state index is 11.6. The molecule has 2 fully saturated rings. The van der Waals surface area contributed by atoms with E-state index in [-0.39, 0.29) is 11.9 Å². The summed E-state index contributed by atoms with van der Waals surface area (Å²) in [5.74, 6) is 1.93. The SMILES string of the molecule is CN=C(NCCCC1CCCC1)N1CCC(C(=O)OC)CC1. The molecule has 0 amide bonds. The highest BCUT2D eigenvalue weighted by atomic mass is 16.5. The molecule has 1 aliphatic heterocycles. The quantitative estimate of drug-likeness (QED) is 0.367. The molecule has 1 heterocycles. The second kappa shape index (κ2) is 9.01. The number of ether oxygens (including phenoxy) is 1. The predicted molar refractivity (Wildman–Crippen MR) is 88.9 cm³/mol. The monoisotopic (exact) mass is 309 g/mol. The second-order valence-electron chi connectivity index (χ2n) is 6.55. The molecule has 0 aromatic heterocycles. The number of carbonyl (C=O) groups is 1. The van der Waals surface area contributed by atoms with Gasteiger partial charge in [0.05, 0.1) is 13.0 Å². The van der Waals surface area contributed by atoms with Crippen LogP contribution >= 0.6 is 0 Å². The average Bonchev–Trinajstić information content (AvgIpc) is 3.08. The van der Waals surface area contributed by atoms with E-state index in [2.05, 4.69) is 15.2 Å². The van der Waals surface area contributed by atoms with Crippen LogP contribution in [0.1, 0.15) is 51.4 Å². The maximum Gasteiger partial charge on any atom is 0.308 e. The fourth-order valence-electron chi connectivity index (χ4n) is 3.72. The lowest BCUT2D eigenvalue weighted by atomic mass is 9.97. The molecule has 22 heavy (non-hydrogen) atoms. The lowest BCUT2D eigenvalue weighted by Crippen LogP contribution is -2.46. The maximum atomic E-state index is 11.6. The number of methoxy groups -OCH3 is 1. The molecule has 126 valence electrons. The first-order valence-electron chi connectivity index (χ1n) is 8.78. The Labute approximate surface area is 134 Å². The summed E-state index contributed by atoms with van der Waals surface area (Å²) in [6, 6.07) is 0. The Balaban J connectivity index is 1.65. The van der Waals surface area contributed by atoms with Crippen molar-refractivity contribution >= 4 is 11.9 Å². The fraction of sp³-hybridized carbons (Fsp3) is 0.882. The van der Waals surface area contributed by atoms with Gasteiger partial charge in [-0.25, -0.2) is 0 Å². The molecule has 0 aromatic carbocycles. The Kier molecular flexibility index (Phi) is 7.00. The van der Waals surface area contributed by atoms with Gasteiger partial charge in [0, 0.05) is 26.7 Å². The molecular formula is C17H31N3O2. The highest BCUT2D eigenvalue weighted by Crippen LogP contribution is 2.28. The van der Waals surface area contributed by atoms with Gasteiger partial charge < -0.3 is 15.0 Å². The number of esters is 1. The first kappa shape index (κ1) is 17.1. The zero-order chi connectivity index (χ0) is 15.8. The van der Waals surface area contributed by atoms with Crippen molar-refractivity contribution in [3.63, 3.8) is 0 Å². The van der Waals surface area contributed by atoms with Gasteiger partial charge in [-0.3, -0.25) is 9.79 Å². The molecule has 5 heteroatoms. The topological polar surface area (TPSA) is 53.9 Å². The first-order chi connectivity index (χ1) is 10.7. The Hall–Kier alpha value is -1.26. The van der Waals surface area contributed by atoms with E-state index in [1.54, 1.807) is 0 Å². The lowest BCUT2D eigenvalue weighted by Gasteiger charge is -2.33. The molecule has 1 saturated heterocycles. The van der Waals surface area contributed by atoms with Crippen molar-refractivity contribution in [2.24, 2.45) is 16.8 Å². The van der Waals surface area contributed by atoms with E-state index in [1.807, 2.05) is 7.05 Å². The summed E-state index contributed by atoms with van der Waals surface area (Å²) >= 11 is 0. The van der Waals surface area contributed by atoms with Gasteiger partial charge in [-0.15, -0.1) is 0 Å². The van der Waals surface area contributed by atoms with Gasteiger partial charge >= 0.3 is 5.97 Å². The molecule has 1 aliphatic carbocycles. The van der Waals surface area contributed by atoms with Crippen molar-refractivity contribution in [2.45, 2.75) is 51.4 Å². The van der Waals surface area contributed by atoms with Gasteiger partial charge in [-0.2, -0.15) is 0 Å². The van der Waals surface area contributed by atoms with Gasteiger partial charge in [-0.1, -0.05) is 25.7 Å². The van der Waals surface area contributed by atoms with E-state index in [4.69, 9.17) is 4.74 Å². The molecule has 0 bridgehead atoms. The smallest absolute Gasteiger partial charge is 0.308 e. The average molecular weight is 309 g/mol.